The molecule has 1 aliphatic rings. The molecule has 11 heteroatoms. The first kappa shape index (κ1) is 20.0. The van der Waals surface area contributed by atoms with Gasteiger partial charge in [0.15, 0.2) is 11.5 Å². The van der Waals surface area contributed by atoms with Crippen molar-refractivity contribution >= 4 is 23.2 Å². The zero-order valence-corrected chi connectivity index (χ0v) is 15.1. The number of fused-ring (bicyclic) bond motifs is 1. The van der Waals surface area contributed by atoms with Crippen LogP contribution < -0.4 is 20.1 Å². The van der Waals surface area contributed by atoms with Crippen LogP contribution in [0.4, 0.5) is 15.8 Å². The van der Waals surface area contributed by atoms with Crippen LogP contribution in [0.1, 0.15) is 12.5 Å². The Hall–Kier alpha value is -3.73. The molecule has 0 saturated carbocycles. The van der Waals surface area contributed by atoms with Crippen molar-refractivity contribution in [2.75, 3.05) is 18.7 Å². The second kappa shape index (κ2) is 7.72. The van der Waals surface area contributed by atoms with Gasteiger partial charge < -0.3 is 25.2 Å². The number of ether oxygens (including phenoxy) is 2. The molecule has 3 rings (SSSR count). The molecule has 0 spiro atoms. The highest BCUT2D eigenvalue weighted by Crippen LogP contribution is 2.35. The van der Waals surface area contributed by atoms with Gasteiger partial charge in [0.1, 0.15) is 5.60 Å². The lowest BCUT2D eigenvalue weighted by Gasteiger charge is -2.24. The number of hydrogen-bond donors (Lipinski definition) is 3. The Labute approximate surface area is 163 Å². The fourth-order valence-electron chi connectivity index (χ4n) is 2.58. The minimum atomic E-state index is -1.52. The molecule has 2 aromatic carbocycles. The number of hydrogen-bond acceptors (Lipinski definition) is 7. The summed E-state index contributed by atoms with van der Waals surface area (Å²) in [6, 6.07) is 7.45. The fraction of sp³-hybridized carbons (Fsp3) is 0.222. The van der Waals surface area contributed by atoms with E-state index in [1.165, 1.54) is 6.92 Å². The molecule has 1 aliphatic heterocycles. The van der Waals surface area contributed by atoms with Crippen LogP contribution in [0, 0.1) is 15.9 Å². The van der Waals surface area contributed by atoms with E-state index in [1.54, 1.807) is 18.2 Å². The number of halogens is 1. The summed E-state index contributed by atoms with van der Waals surface area (Å²) in [5, 5.41) is 25.8. The van der Waals surface area contributed by atoms with Gasteiger partial charge in [0.2, 0.25) is 12.6 Å². The van der Waals surface area contributed by atoms with Gasteiger partial charge >= 0.3 is 17.5 Å². The van der Waals surface area contributed by atoms with Crippen LogP contribution in [-0.4, -0.2) is 35.2 Å². The van der Waals surface area contributed by atoms with Crippen LogP contribution in [0.5, 0.6) is 11.5 Å². The maximum Gasteiger partial charge on any atom is 0.313 e. The van der Waals surface area contributed by atoms with Gasteiger partial charge in [-0.25, -0.2) is 0 Å². The van der Waals surface area contributed by atoms with E-state index >= 15 is 0 Å². The second-order valence-corrected chi connectivity index (χ2v) is 6.40. The van der Waals surface area contributed by atoms with Crippen LogP contribution in [-0.2, 0) is 15.2 Å². The number of amides is 2. The average molecular weight is 405 g/mol. The normalized spacial score (nSPS) is 14.0. The van der Waals surface area contributed by atoms with Crippen molar-refractivity contribution in [3.63, 3.8) is 0 Å². The van der Waals surface area contributed by atoms with Crippen molar-refractivity contribution in [1.82, 2.24) is 5.32 Å². The Morgan fingerprint density at radius 2 is 1.93 bits per heavy atom. The molecular weight excluding hydrogens is 389 g/mol. The van der Waals surface area contributed by atoms with Gasteiger partial charge in [0, 0.05) is 11.8 Å². The van der Waals surface area contributed by atoms with Crippen LogP contribution in [0.2, 0.25) is 0 Å². The fourth-order valence-corrected chi connectivity index (χ4v) is 2.58. The highest BCUT2D eigenvalue weighted by atomic mass is 19.1. The summed E-state index contributed by atoms with van der Waals surface area (Å²) < 4.78 is 23.8. The van der Waals surface area contributed by atoms with Crippen LogP contribution >= 0.6 is 0 Å². The van der Waals surface area contributed by atoms with Crippen molar-refractivity contribution in [1.29, 1.82) is 0 Å². The van der Waals surface area contributed by atoms with Gasteiger partial charge in [-0.2, -0.15) is 4.39 Å². The molecule has 3 N–H and O–H groups in total. The number of nitrogens with zero attached hydrogens (tertiary/aromatic N) is 1. The molecule has 2 amide bonds. The lowest BCUT2D eigenvalue weighted by Crippen LogP contribution is -2.43. The zero-order valence-electron chi connectivity index (χ0n) is 15.1. The summed E-state index contributed by atoms with van der Waals surface area (Å²) >= 11 is 0. The van der Waals surface area contributed by atoms with Gasteiger partial charge in [-0.15, -0.1) is 0 Å². The lowest BCUT2D eigenvalue weighted by atomic mass is 9.95. The number of aliphatic hydroxyl groups is 1. The van der Waals surface area contributed by atoms with Gasteiger partial charge in [-0.3, -0.25) is 19.7 Å². The minimum absolute atomic E-state index is 0.0688. The molecule has 0 fully saturated rings. The molecule has 0 radical (unpaired) electrons. The highest BCUT2D eigenvalue weighted by molar-refractivity contribution is 6.39. The van der Waals surface area contributed by atoms with E-state index in [0.717, 1.165) is 18.2 Å². The highest BCUT2D eigenvalue weighted by Gasteiger charge is 2.28. The molecule has 1 heterocycles. The van der Waals surface area contributed by atoms with E-state index in [0.29, 0.717) is 17.1 Å². The lowest BCUT2D eigenvalue weighted by molar-refractivity contribution is -0.387. The van der Waals surface area contributed by atoms with E-state index in [1.807, 2.05) is 0 Å². The number of carbonyl (C=O) groups excluding carboxylic acids is 2. The summed E-state index contributed by atoms with van der Waals surface area (Å²) in [6.45, 7) is 1.20. The number of rotatable bonds is 5. The molecule has 29 heavy (non-hydrogen) atoms. The average Bonchev–Trinajstić information content (AvgIpc) is 3.15. The number of benzene rings is 2. The summed E-state index contributed by atoms with van der Waals surface area (Å²) in [4.78, 5) is 33.8. The molecule has 0 aromatic heterocycles. The van der Waals surface area contributed by atoms with E-state index in [-0.39, 0.29) is 19.0 Å². The van der Waals surface area contributed by atoms with Crippen molar-refractivity contribution in [3.05, 3.63) is 57.9 Å². The topological polar surface area (TPSA) is 140 Å². The van der Waals surface area contributed by atoms with Gasteiger partial charge in [0.05, 0.1) is 11.5 Å². The summed E-state index contributed by atoms with van der Waals surface area (Å²) in [5.41, 5.74) is -2.06. The van der Waals surface area contributed by atoms with Crippen molar-refractivity contribution in [2.24, 2.45) is 0 Å². The number of anilines is 1. The quantitative estimate of drug-likeness (QED) is 0.388. The minimum Gasteiger partial charge on any atom is -0.454 e. The monoisotopic (exact) mass is 405 g/mol. The first-order valence-electron chi connectivity index (χ1n) is 8.33. The predicted octanol–water partition coefficient (Wildman–Crippen LogP) is 1.42. The van der Waals surface area contributed by atoms with E-state index in [4.69, 9.17) is 9.47 Å². The Bertz CT molecular complexity index is 993. The molecule has 0 aliphatic carbocycles. The van der Waals surface area contributed by atoms with E-state index < -0.39 is 33.8 Å². The number of carbonyl (C=O) groups is 2. The van der Waals surface area contributed by atoms with Gasteiger partial charge in [-0.1, -0.05) is 6.07 Å². The third kappa shape index (κ3) is 4.41. The largest absolute Gasteiger partial charge is 0.454 e. The molecule has 1 unspecified atom stereocenters. The van der Waals surface area contributed by atoms with Crippen LogP contribution in [0.15, 0.2) is 36.4 Å². The summed E-state index contributed by atoms with van der Waals surface area (Å²) in [5.74, 6) is -2.31. The Morgan fingerprint density at radius 3 is 2.66 bits per heavy atom. The molecule has 2 aromatic rings. The first-order valence-corrected chi connectivity index (χ1v) is 8.33. The zero-order chi connectivity index (χ0) is 21.2. The van der Waals surface area contributed by atoms with Gasteiger partial charge in [0.25, 0.3) is 0 Å². The summed E-state index contributed by atoms with van der Waals surface area (Å²) in [6.07, 6.45) is 0. The molecule has 10 nitrogen and oxygen atoms in total. The van der Waals surface area contributed by atoms with Crippen molar-refractivity contribution < 1.29 is 33.5 Å². The maximum atomic E-state index is 13.3. The van der Waals surface area contributed by atoms with Gasteiger partial charge in [-0.05, 0) is 36.8 Å². The maximum absolute atomic E-state index is 13.3. The third-order valence-corrected chi connectivity index (χ3v) is 4.19. The smallest absolute Gasteiger partial charge is 0.313 e. The molecule has 1 atom stereocenters. The Morgan fingerprint density at radius 1 is 1.21 bits per heavy atom. The molecule has 0 saturated heterocycles. The predicted molar refractivity (Wildman–Crippen MR) is 96.8 cm³/mol. The second-order valence-electron chi connectivity index (χ2n) is 6.40. The van der Waals surface area contributed by atoms with Crippen molar-refractivity contribution in [2.45, 2.75) is 12.5 Å². The first-order chi connectivity index (χ1) is 13.7. The standard InChI is InChI=1S/C18H16FN3O7/c1-18(25,10-2-5-14-15(6-10)29-9-28-14)8-20-16(23)17(24)21-11-3-4-12(19)13(7-11)22(26)27/h2-7,25H,8-9H2,1H3,(H,20,23)(H,21,24). The molecule has 152 valence electrons. The third-order valence-electron chi connectivity index (χ3n) is 4.19. The van der Waals surface area contributed by atoms with E-state index in [9.17, 15) is 29.2 Å². The number of nitro groups is 1. The summed E-state index contributed by atoms with van der Waals surface area (Å²) in [7, 11) is 0. The molecular formula is C18H16FN3O7. The SMILES string of the molecule is CC(O)(CNC(=O)C(=O)Nc1ccc(F)c([N+](=O)[O-])c1)c1ccc2c(c1)OCO2. The van der Waals surface area contributed by atoms with Crippen LogP contribution in [0.25, 0.3) is 0 Å². The number of nitrogens with one attached hydrogen (secondary N) is 2. The Balaban J connectivity index is 1.62. The van der Waals surface area contributed by atoms with Crippen molar-refractivity contribution in [3.8, 4) is 11.5 Å². The van der Waals surface area contributed by atoms with E-state index in [2.05, 4.69) is 10.6 Å². The number of nitro benzene ring substituents is 1. The van der Waals surface area contributed by atoms with Crippen LogP contribution in [0.3, 0.4) is 0 Å². The Kier molecular flexibility index (Phi) is 5.33. The molecule has 0 bridgehead atoms.